The lowest BCUT2D eigenvalue weighted by Gasteiger charge is -2.44. The monoisotopic (exact) mass is 638 g/mol. The molecule has 0 N–H and O–H groups in total. The second-order valence-corrected chi connectivity index (χ2v) is 21.5. The van der Waals surface area contributed by atoms with Crippen molar-refractivity contribution in [3.05, 3.63) is 181 Å². The van der Waals surface area contributed by atoms with Crippen molar-refractivity contribution in [1.82, 2.24) is 0 Å². The highest BCUT2D eigenvalue weighted by Gasteiger charge is 2.56. The molecule has 0 spiro atoms. The zero-order chi connectivity index (χ0) is 31.4. The molecule has 0 saturated carbocycles. The van der Waals surface area contributed by atoms with Gasteiger partial charge in [0.25, 0.3) is 0 Å². The first-order valence-corrected chi connectivity index (χ1v) is 21.5. The third-order valence-corrected chi connectivity index (χ3v) is 21.0. The molecule has 2 heteroatoms. The van der Waals surface area contributed by atoms with Gasteiger partial charge >= 0.3 is 0 Å². The van der Waals surface area contributed by atoms with E-state index in [9.17, 15) is 0 Å². The van der Waals surface area contributed by atoms with E-state index in [1.54, 1.807) is 10.6 Å². The maximum Gasteiger partial charge on any atom is 0.104 e. The lowest BCUT2D eigenvalue weighted by molar-refractivity contribution is 0.713. The van der Waals surface area contributed by atoms with Gasteiger partial charge in [0.15, 0.2) is 0 Å². The minimum Gasteiger partial charge on any atom is -0.174 e. The summed E-state index contributed by atoms with van der Waals surface area (Å²) in [6.07, 6.45) is 9.57. The Balaban J connectivity index is 1.34. The van der Waals surface area contributed by atoms with Gasteiger partial charge in [0, 0.05) is 25.7 Å². The lowest BCUT2D eigenvalue weighted by atomic mass is 10.0. The van der Waals surface area contributed by atoms with E-state index in [4.69, 9.17) is 13.3 Å². The minimum absolute atomic E-state index is 0.596. The molecule has 7 rings (SSSR count). The van der Waals surface area contributed by atoms with E-state index >= 15 is 0 Å². The van der Waals surface area contributed by atoms with Crippen molar-refractivity contribution in [2.75, 3.05) is 0 Å². The number of benzene rings is 5. The van der Waals surface area contributed by atoms with Gasteiger partial charge in [-0.05, 0) is 60.1 Å². The summed E-state index contributed by atoms with van der Waals surface area (Å²) in [7, 11) is -3.67. The van der Waals surface area contributed by atoms with Crippen LogP contribution in [0.5, 0.6) is 0 Å². The summed E-state index contributed by atoms with van der Waals surface area (Å²) in [4.78, 5) is 0. The first kappa shape index (κ1) is 31.6. The highest BCUT2D eigenvalue weighted by Crippen LogP contribution is 2.77. The predicted molar refractivity (Wildman–Crippen MR) is 204 cm³/mol. The molecular weight excluding hydrogens is 590 g/mol. The molecule has 0 bridgehead atoms. The molecule has 2 aliphatic heterocycles. The topological polar surface area (TPSA) is 0 Å². The Bertz CT molecular complexity index is 1450. The van der Waals surface area contributed by atoms with Crippen LogP contribution >= 0.6 is 14.5 Å². The second-order valence-electron chi connectivity index (χ2n) is 13.9. The molecule has 2 saturated heterocycles. The normalized spacial score (nSPS) is 23.3. The SMILES string of the molecule is [CH2-][P+]1(c2ccccc2[P+]2([CH2-])[C@H](Cc3ccccc3)CC[C@H]2Cc2ccccc2)[C@H](Cc2ccccc2)CC[C@H]1Cc1ccccc1. The zero-order valence-corrected chi connectivity index (χ0v) is 28.9. The van der Waals surface area contributed by atoms with E-state index in [1.165, 1.54) is 47.9 Å². The molecule has 46 heavy (non-hydrogen) atoms. The maximum atomic E-state index is 5.48. The van der Waals surface area contributed by atoms with Crippen molar-refractivity contribution >= 4 is 25.1 Å². The number of hydrogen-bond acceptors (Lipinski definition) is 0. The maximum absolute atomic E-state index is 5.48. The summed E-state index contributed by atoms with van der Waals surface area (Å²) in [6.45, 7) is 11.0. The largest absolute Gasteiger partial charge is 0.174 e. The first-order chi connectivity index (χ1) is 22.5. The lowest BCUT2D eigenvalue weighted by Crippen LogP contribution is -2.39. The standard InChI is InChI=1S/C44H48P2/c1-45(39(31-35-17-7-3-8-18-35)27-28-40(45)32-36-19-9-4-10-20-36)43-25-15-16-26-44(43)46(2)41(33-37-21-11-5-12-22-37)29-30-42(46)34-38-23-13-6-14-24-38/h3-26,39-42H,1-2,27-34H2/t39-,40-,41-,42-/m0/s1. The second kappa shape index (κ2) is 14.0. The summed E-state index contributed by atoms with van der Waals surface area (Å²) in [5, 5.41) is 3.24. The summed E-state index contributed by atoms with van der Waals surface area (Å²) < 4.78 is 0. The van der Waals surface area contributed by atoms with Gasteiger partial charge in [-0.1, -0.05) is 148 Å². The van der Waals surface area contributed by atoms with E-state index in [0.29, 0.717) is 22.6 Å². The molecular formula is C44H48P2. The van der Waals surface area contributed by atoms with Crippen LogP contribution in [-0.4, -0.2) is 22.6 Å². The molecule has 2 aliphatic rings. The van der Waals surface area contributed by atoms with Gasteiger partial charge in [-0.15, -0.1) is 0 Å². The quantitative estimate of drug-likeness (QED) is 0.105. The van der Waals surface area contributed by atoms with Crippen molar-refractivity contribution in [3.63, 3.8) is 0 Å². The van der Waals surface area contributed by atoms with Crippen molar-refractivity contribution in [3.8, 4) is 0 Å². The Kier molecular flexibility index (Phi) is 9.59. The Hall–Kier alpha value is -3.04. The van der Waals surface area contributed by atoms with Gasteiger partial charge in [0.1, 0.15) is 10.6 Å². The highest BCUT2D eigenvalue weighted by molar-refractivity contribution is 7.91. The molecule has 5 aromatic carbocycles. The van der Waals surface area contributed by atoms with E-state index in [2.05, 4.69) is 146 Å². The van der Waals surface area contributed by atoms with E-state index in [-0.39, 0.29) is 0 Å². The first-order valence-electron chi connectivity index (χ1n) is 17.3. The van der Waals surface area contributed by atoms with Gasteiger partial charge in [-0.3, -0.25) is 0 Å². The molecule has 0 aliphatic carbocycles. The van der Waals surface area contributed by atoms with E-state index < -0.39 is 14.5 Å². The van der Waals surface area contributed by atoms with Crippen LogP contribution in [0.3, 0.4) is 0 Å². The van der Waals surface area contributed by atoms with Crippen LogP contribution in [0.25, 0.3) is 0 Å². The average Bonchev–Trinajstić information content (AvgIpc) is 3.58. The fourth-order valence-corrected chi connectivity index (χ4v) is 19.0. The van der Waals surface area contributed by atoms with Crippen molar-refractivity contribution in [2.45, 2.75) is 74.0 Å². The van der Waals surface area contributed by atoms with Gasteiger partial charge in [-0.2, -0.15) is 13.3 Å². The number of hydrogen-bond donors (Lipinski definition) is 0. The third-order valence-electron chi connectivity index (χ3n) is 11.3. The Morgan fingerprint density at radius 1 is 0.348 bits per heavy atom. The highest BCUT2D eigenvalue weighted by atomic mass is 31.2. The predicted octanol–water partition coefficient (Wildman–Crippen LogP) is 10.6. The van der Waals surface area contributed by atoms with Gasteiger partial charge in [-0.25, -0.2) is 0 Å². The van der Waals surface area contributed by atoms with E-state index in [1.807, 2.05) is 0 Å². The number of rotatable bonds is 10. The molecule has 234 valence electrons. The Labute approximate surface area is 279 Å². The third kappa shape index (κ3) is 6.29. The average molecular weight is 639 g/mol. The molecule has 0 nitrogen and oxygen atoms in total. The van der Waals surface area contributed by atoms with Crippen LogP contribution in [0, 0.1) is 13.3 Å². The molecule has 4 atom stereocenters. The summed E-state index contributed by atoms with van der Waals surface area (Å²) in [5.74, 6) is 0. The molecule has 0 unspecified atom stereocenters. The smallest absolute Gasteiger partial charge is 0.104 e. The van der Waals surface area contributed by atoms with Crippen LogP contribution in [0.2, 0.25) is 0 Å². The van der Waals surface area contributed by atoms with Crippen molar-refractivity contribution < 1.29 is 0 Å². The molecule has 0 aromatic heterocycles. The van der Waals surface area contributed by atoms with Crippen LogP contribution in [-0.2, 0) is 25.7 Å². The van der Waals surface area contributed by atoms with Gasteiger partial charge in [0.2, 0.25) is 0 Å². The fraction of sp³-hybridized carbons (Fsp3) is 0.273. The van der Waals surface area contributed by atoms with Crippen LogP contribution in [0.15, 0.2) is 146 Å². The van der Waals surface area contributed by atoms with Crippen LogP contribution in [0.1, 0.15) is 47.9 Å². The van der Waals surface area contributed by atoms with Crippen LogP contribution in [0.4, 0.5) is 0 Å². The summed E-state index contributed by atoms with van der Waals surface area (Å²) >= 11 is 0. The molecule has 0 amide bonds. The molecule has 2 fully saturated rings. The van der Waals surface area contributed by atoms with Crippen LogP contribution < -0.4 is 10.6 Å². The van der Waals surface area contributed by atoms with E-state index in [0.717, 1.165) is 25.7 Å². The molecule has 0 radical (unpaired) electrons. The van der Waals surface area contributed by atoms with Gasteiger partial charge < -0.3 is 0 Å². The van der Waals surface area contributed by atoms with Crippen molar-refractivity contribution in [2.24, 2.45) is 0 Å². The van der Waals surface area contributed by atoms with Gasteiger partial charge in [0.05, 0.1) is 22.6 Å². The molecule has 5 aromatic rings. The zero-order valence-electron chi connectivity index (χ0n) is 27.1. The fourth-order valence-electron chi connectivity index (χ4n) is 8.85. The Morgan fingerprint density at radius 3 is 0.804 bits per heavy atom. The van der Waals surface area contributed by atoms with Crippen molar-refractivity contribution in [1.29, 1.82) is 0 Å². The summed E-state index contributed by atoms with van der Waals surface area (Å²) in [5.41, 5.74) is 8.23. The Morgan fingerprint density at radius 2 is 0.565 bits per heavy atom. The molecule has 2 heterocycles. The minimum atomic E-state index is -1.84. The summed E-state index contributed by atoms with van der Waals surface area (Å²) in [6, 6.07) is 54.6.